The monoisotopic (exact) mass is 712 g/mol. The number of amides is 1. The van der Waals surface area contributed by atoms with E-state index in [0.717, 1.165) is 5.39 Å². The number of nitrogens with zero attached hydrogens (tertiary/aromatic N) is 4. The van der Waals surface area contributed by atoms with Gasteiger partial charge in [-0.25, -0.2) is 19.3 Å². The molecule has 2 atom stereocenters. The smallest absolute Gasteiger partial charge is 0.328 e. The predicted octanol–water partition coefficient (Wildman–Crippen LogP) is 3.93. The second kappa shape index (κ2) is 17.2. The minimum atomic E-state index is -1.26. The van der Waals surface area contributed by atoms with Crippen molar-refractivity contribution in [1.82, 2.24) is 19.3 Å². The molecule has 1 amide bonds. The molecule has 52 heavy (non-hydrogen) atoms. The molecule has 5 N–H and O–H groups in total. The average molecular weight is 713 g/mol. The zero-order valence-electron chi connectivity index (χ0n) is 28.5. The van der Waals surface area contributed by atoms with E-state index >= 15 is 0 Å². The molecule has 16 heteroatoms. The van der Waals surface area contributed by atoms with E-state index in [9.17, 15) is 24.0 Å². The number of anilines is 1. The highest BCUT2D eigenvalue weighted by atomic mass is 16.5. The van der Waals surface area contributed by atoms with Crippen LogP contribution >= 0.6 is 0 Å². The Morgan fingerprint density at radius 1 is 0.942 bits per heavy atom. The van der Waals surface area contributed by atoms with Gasteiger partial charge in [0.15, 0.2) is 0 Å². The van der Waals surface area contributed by atoms with Crippen molar-refractivity contribution >= 4 is 40.5 Å². The lowest BCUT2D eigenvalue weighted by molar-refractivity contribution is -0.150. The summed E-state index contributed by atoms with van der Waals surface area (Å²) in [5, 5.41) is 19.1. The minimum Gasteiger partial charge on any atom is -0.497 e. The molecule has 0 unspecified atom stereocenters. The zero-order valence-corrected chi connectivity index (χ0v) is 28.5. The first kappa shape index (κ1) is 38.0. The van der Waals surface area contributed by atoms with Crippen molar-refractivity contribution in [2.24, 2.45) is 5.73 Å². The maximum absolute atomic E-state index is 13.7. The van der Waals surface area contributed by atoms with Gasteiger partial charge in [0.25, 0.3) is 11.5 Å². The molecule has 0 saturated heterocycles. The number of nitrogens with one attached hydrogen (secondary N) is 1. The second-order valence-electron chi connectivity index (χ2n) is 11.2. The summed E-state index contributed by atoms with van der Waals surface area (Å²) in [6, 6.07) is 18.6. The third kappa shape index (κ3) is 9.66. The number of para-hydroxylation sites is 1. The molecule has 0 bridgehead atoms. The summed E-state index contributed by atoms with van der Waals surface area (Å²) >= 11 is 0. The molecule has 0 spiro atoms. The van der Waals surface area contributed by atoms with E-state index in [4.69, 9.17) is 30.2 Å². The van der Waals surface area contributed by atoms with Gasteiger partial charge >= 0.3 is 17.9 Å². The summed E-state index contributed by atoms with van der Waals surface area (Å²) in [7, 11) is 1.59. The highest BCUT2D eigenvalue weighted by molar-refractivity contribution is 6.04. The quantitative estimate of drug-likeness (QED) is 0.106. The first-order valence-corrected chi connectivity index (χ1v) is 15.6. The fourth-order valence-electron chi connectivity index (χ4n) is 4.82. The largest absolute Gasteiger partial charge is 0.497 e. The first-order chi connectivity index (χ1) is 24.8. The first-order valence-electron chi connectivity index (χ1n) is 15.6. The molecule has 5 aromatic rings. The molecule has 270 valence electrons. The Kier molecular flexibility index (Phi) is 12.6. The SMILES string of the molecule is COc1ccc2c(Oc3ccc(NC(=O)c4c(C)n(C[C@@H](C)OC(=O)[C@H](C)N)n(-c5ccccc5)c4=O)nc3)ccnc2c1.O=C(O)/C=C/C(=O)O. The van der Waals surface area contributed by atoms with Crippen LogP contribution in [-0.2, 0) is 25.7 Å². The van der Waals surface area contributed by atoms with Crippen molar-refractivity contribution in [3.63, 3.8) is 0 Å². The number of carboxylic acids is 2. The number of carboxylic acid groups (broad SMARTS) is 2. The topological polar surface area (TPSA) is 227 Å². The van der Waals surface area contributed by atoms with Gasteiger partial charge in [0.2, 0.25) is 0 Å². The van der Waals surface area contributed by atoms with Crippen molar-refractivity contribution < 1.29 is 43.6 Å². The van der Waals surface area contributed by atoms with Crippen LogP contribution in [0.5, 0.6) is 17.2 Å². The molecule has 0 aliphatic carbocycles. The molecule has 0 aliphatic rings. The maximum Gasteiger partial charge on any atom is 0.328 e. The molecule has 0 aliphatic heterocycles. The number of carbonyl (C=O) groups excluding carboxylic acids is 2. The van der Waals surface area contributed by atoms with Crippen LogP contribution in [0, 0.1) is 6.92 Å². The molecule has 0 fully saturated rings. The highest BCUT2D eigenvalue weighted by Gasteiger charge is 2.26. The van der Waals surface area contributed by atoms with Crippen molar-refractivity contribution in [2.75, 3.05) is 12.4 Å². The lowest BCUT2D eigenvalue weighted by Crippen LogP contribution is -2.34. The number of hydrogen-bond donors (Lipinski definition) is 4. The van der Waals surface area contributed by atoms with Gasteiger partial charge in [-0.1, -0.05) is 18.2 Å². The summed E-state index contributed by atoms with van der Waals surface area (Å²) in [5.41, 5.74) is 6.69. The summed E-state index contributed by atoms with van der Waals surface area (Å²) in [5.74, 6) is -1.78. The number of rotatable bonds is 12. The second-order valence-corrected chi connectivity index (χ2v) is 11.2. The molecule has 0 saturated carbocycles. The van der Waals surface area contributed by atoms with Gasteiger partial charge in [-0.15, -0.1) is 0 Å². The molecular formula is C36H36N6O10. The number of carbonyl (C=O) groups is 4. The average Bonchev–Trinajstić information content (AvgIpc) is 3.36. The van der Waals surface area contributed by atoms with E-state index in [0.29, 0.717) is 46.3 Å². The number of fused-ring (bicyclic) bond motifs is 1. The third-order valence-electron chi connectivity index (χ3n) is 7.23. The van der Waals surface area contributed by atoms with E-state index in [1.54, 1.807) is 74.3 Å². The Morgan fingerprint density at radius 2 is 1.62 bits per heavy atom. The van der Waals surface area contributed by atoms with Crippen LogP contribution in [0.2, 0.25) is 0 Å². The van der Waals surface area contributed by atoms with Gasteiger partial charge in [0.05, 0.1) is 36.7 Å². The summed E-state index contributed by atoms with van der Waals surface area (Å²) in [6.07, 6.45) is 3.60. The number of pyridine rings is 2. The van der Waals surface area contributed by atoms with E-state index in [1.165, 1.54) is 17.8 Å². The molecular weight excluding hydrogens is 676 g/mol. The van der Waals surface area contributed by atoms with E-state index < -0.39 is 41.5 Å². The lowest BCUT2D eigenvalue weighted by Gasteiger charge is -2.19. The summed E-state index contributed by atoms with van der Waals surface area (Å²) < 4.78 is 19.7. The van der Waals surface area contributed by atoms with Crippen LogP contribution in [0.1, 0.15) is 29.9 Å². The van der Waals surface area contributed by atoms with Crippen LogP contribution in [0.4, 0.5) is 5.82 Å². The van der Waals surface area contributed by atoms with Crippen LogP contribution in [0.15, 0.2) is 96.1 Å². The number of benzene rings is 2. The van der Waals surface area contributed by atoms with Crippen LogP contribution in [-0.4, -0.2) is 72.6 Å². The van der Waals surface area contributed by atoms with Crippen molar-refractivity contribution in [3.8, 4) is 22.9 Å². The van der Waals surface area contributed by atoms with Gasteiger partial charge < -0.3 is 35.5 Å². The zero-order chi connectivity index (χ0) is 37.9. The molecule has 2 aromatic carbocycles. The predicted molar refractivity (Wildman–Crippen MR) is 189 cm³/mol. The number of aliphatic carboxylic acids is 2. The minimum absolute atomic E-state index is 0.0691. The van der Waals surface area contributed by atoms with Crippen LogP contribution in [0.25, 0.3) is 16.6 Å². The van der Waals surface area contributed by atoms with Crippen molar-refractivity contribution in [3.05, 3.63) is 113 Å². The van der Waals surface area contributed by atoms with Crippen molar-refractivity contribution in [2.45, 2.75) is 39.5 Å². The molecule has 3 heterocycles. The number of methoxy groups -OCH3 is 1. The Bertz CT molecular complexity index is 2140. The van der Waals surface area contributed by atoms with E-state index in [-0.39, 0.29) is 17.9 Å². The number of aromatic nitrogens is 4. The van der Waals surface area contributed by atoms with Crippen LogP contribution in [0.3, 0.4) is 0 Å². The van der Waals surface area contributed by atoms with Gasteiger partial charge in [-0.2, -0.15) is 0 Å². The van der Waals surface area contributed by atoms with Crippen molar-refractivity contribution in [1.29, 1.82) is 0 Å². The Hall–Kier alpha value is -6.81. The van der Waals surface area contributed by atoms with E-state index in [2.05, 4.69) is 15.3 Å². The molecule has 5 rings (SSSR count). The summed E-state index contributed by atoms with van der Waals surface area (Å²) in [4.78, 5) is 67.0. The number of ether oxygens (including phenoxy) is 3. The molecule has 0 radical (unpaired) electrons. The maximum atomic E-state index is 13.7. The van der Waals surface area contributed by atoms with Gasteiger partial charge in [0.1, 0.15) is 40.8 Å². The fraction of sp³-hybridized carbons (Fsp3) is 0.194. The lowest BCUT2D eigenvalue weighted by atomic mass is 10.2. The third-order valence-corrected chi connectivity index (χ3v) is 7.23. The van der Waals surface area contributed by atoms with Gasteiger partial charge in [0, 0.05) is 29.8 Å². The summed E-state index contributed by atoms with van der Waals surface area (Å²) in [6.45, 7) is 5.00. The van der Waals surface area contributed by atoms with Crippen LogP contribution < -0.4 is 26.1 Å². The number of hydrogen-bond acceptors (Lipinski definition) is 11. The van der Waals surface area contributed by atoms with Gasteiger partial charge in [-0.3, -0.25) is 24.0 Å². The number of esters is 1. The fourth-order valence-corrected chi connectivity index (χ4v) is 4.82. The Labute approximate surface area is 296 Å². The Morgan fingerprint density at radius 3 is 2.21 bits per heavy atom. The molecule has 3 aromatic heterocycles. The molecule has 16 nitrogen and oxygen atoms in total. The van der Waals surface area contributed by atoms with E-state index in [1.807, 2.05) is 24.3 Å². The normalized spacial score (nSPS) is 11.9. The highest BCUT2D eigenvalue weighted by Crippen LogP contribution is 2.31. The Balaban J connectivity index is 0.000000677. The van der Waals surface area contributed by atoms with Gasteiger partial charge in [-0.05, 0) is 63.2 Å². The standard InChI is InChI=1S/C32H32N6O6.C4H4O4/c1-19(43-32(41)20(2)33)18-37-21(3)29(31(40)38(37)22-8-6-5-7-9-22)30(39)36-28-13-11-24(17-35-28)44-27-14-15-34-26-16-23(42-4)10-12-25(26)27;5-3(6)1-2-4(7)8/h5-17,19-20H,18,33H2,1-4H3,(H,35,36,39);1-2H,(H,5,6)(H,7,8)/b;2-1+/t19-,20+;/m1./s1. The number of nitrogens with two attached hydrogens (primary N) is 1.